The Bertz CT molecular complexity index is 2970. The summed E-state index contributed by atoms with van der Waals surface area (Å²) in [6.45, 7) is 0. The molecule has 0 spiro atoms. The fraction of sp³-hybridized carbons (Fsp3) is 0.0444. The van der Waals surface area contributed by atoms with Crippen molar-refractivity contribution in [3.8, 4) is 5.69 Å². The third kappa shape index (κ3) is 4.21. The number of aliphatic imine (C=N–C) groups is 1. The van der Waals surface area contributed by atoms with Crippen molar-refractivity contribution in [2.45, 2.75) is 12.5 Å². The van der Waals surface area contributed by atoms with E-state index in [4.69, 9.17) is 4.99 Å². The van der Waals surface area contributed by atoms with Crippen LogP contribution in [-0.4, -0.2) is 15.0 Å². The van der Waals surface area contributed by atoms with Gasteiger partial charge in [-0.25, -0.2) is 4.99 Å². The summed E-state index contributed by atoms with van der Waals surface area (Å²) in [5.74, 6) is 0.863. The van der Waals surface area contributed by atoms with Gasteiger partial charge < -0.3 is 14.5 Å². The van der Waals surface area contributed by atoms with Crippen LogP contribution in [0.3, 0.4) is 0 Å². The molecule has 0 saturated heterocycles. The van der Waals surface area contributed by atoms with Crippen LogP contribution in [-0.2, 0) is 0 Å². The molecule has 2 atom stereocenters. The van der Waals surface area contributed by atoms with E-state index in [0.29, 0.717) is 0 Å². The molecule has 242 valence electrons. The minimum absolute atomic E-state index is 0.163. The van der Waals surface area contributed by atoms with Crippen molar-refractivity contribution in [2.24, 2.45) is 4.99 Å². The lowest BCUT2D eigenvalue weighted by molar-refractivity contribution is 0.341. The summed E-state index contributed by atoms with van der Waals surface area (Å²) in [6.07, 6.45) is -0.574. The van der Waals surface area contributed by atoms with Gasteiger partial charge in [-0.1, -0.05) is 133 Å². The maximum Gasteiger partial charge on any atom is 0.184 e. The maximum atomic E-state index is 5.51. The third-order valence-electron chi connectivity index (χ3n) is 10.4. The highest BCUT2D eigenvalue weighted by Crippen LogP contribution is 2.51. The summed E-state index contributed by atoms with van der Waals surface area (Å²) in [4.78, 5) is 5.51. The van der Waals surface area contributed by atoms with E-state index in [9.17, 15) is 0 Å². The molecule has 0 bridgehead atoms. The number of aromatic nitrogens is 2. The molecule has 7 aromatic carbocycles. The minimum Gasteiger partial charge on any atom is -0.350 e. The molecule has 0 aliphatic carbocycles. The van der Waals surface area contributed by atoms with Crippen molar-refractivity contribution in [3.63, 3.8) is 0 Å². The summed E-state index contributed by atoms with van der Waals surface area (Å²) in [6, 6.07) is 58.6. The monoisotopic (exact) mass is 673 g/mol. The first-order chi connectivity index (χ1) is 25.3. The number of para-hydroxylation sites is 3. The topological polar surface area (TPSA) is 46.3 Å². The van der Waals surface area contributed by atoms with Crippen molar-refractivity contribution in [1.82, 2.24) is 19.8 Å². The normalized spacial score (nSPS) is 16.4. The molecule has 2 unspecified atom stereocenters. The van der Waals surface area contributed by atoms with Gasteiger partial charge in [0.15, 0.2) is 6.29 Å². The average molecular weight is 674 g/mol. The first-order valence-corrected chi connectivity index (χ1v) is 18.2. The molecule has 0 amide bonds. The SMILES string of the molecule is c1ccc(C2=NC(n3c4ccccc4c4c5sc6ccccc6c5c5c6ccccc6n(-c6ccccc6)c5c43)NC(c3ccccc3)N2)cc1. The summed E-state index contributed by atoms with van der Waals surface area (Å²) in [5.41, 5.74) is 8.04. The highest BCUT2D eigenvalue weighted by molar-refractivity contribution is 7.27. The zero-order chi connectivity index (χ0) is 33.5. The Labute approximate surface area is 297 Å². The van der Waals surface area contributed by atoms with Gasteiger partial charge in [0.1, 0.15) is 12.0 Å². The Balaban J connectivity index is 1.36. The Morgan fingerprint density at radius 1 is 0.529 bits per heavy atom. The van der Waals surface area contributed by atoms with Crippen LogP contribution in [0, 0.1) is 0 Å². The van der Waals surface area contributed by atoms with Gasteiger partial charge in [0.25, 0.3) is 0 Å². The fourth-order valence-corrected chi connectivity index (χ4v) is 9.52. The number of thiophene rings is 1. The van der Waals surface area contributed by atoms with Gasteiger partial charge in [-0.15, -0.1) is 11.3 Å². The van der Waals surface area contributed by atoms with Gasteiger partial charge >= 0.3 is 0 Å². The van der Waals surface area contributed by atoms with Gasteiger partial charge in [-0.3, -0.25) is 5.32 Å². The van der Waals surface area contributed by atoms with Crippen LogP contribution in [0.15, 0.2) is 169 Å². The first kappa shape index (κ1) is 28.6. The molecule has 6 heteroatoms. The van der Waals surface area contributed by atoms with Crippen molar-refractivity contribution in [1.29, 1.82) is 0 Å². The molecule has 10 aromatic rings. The van der Waals surface area contributed by atoms with Crippen LogP contribution in [0.2, 0.25) is 0 Å². The van der Waals surface area contributed by atoms with Crippen molar-refractivity contribution in [2.75, 3.05) is 0 Å². The van der Waals surface area contributed by atoms with E-state index >= 15 is 0 Å². The maximum absolute atomic E-state index is 5.51. The third-order valence-corrected chi connectivity index (χ3v) is 11.6. The first-order valence-electron chi connectivity index (χ1n) is 17.4. The van der Waals surface area contributed by atoms with Crippen molar-refractivity contribution in [3.05, 3.63) is 175 Å². The molecule has 1 aliphatic rings. The van der Waals surface area contributed by atoms with E-state index in [-0.39, 0.29) is 6.17 Å². The molecule has 0 radical (unpaired) electrons. The number of nitrogens with zero attached hydrogens (tertiary/aromatic N) is 3. The second kappa shape index (κ2) is 11.2. The molecule has 0 saturated carbocycles. The second-order valence-corrected chi connectivity index (χ2v) is 14.2. The number of fused-ring (bicyclic) bond motifs is 12. The van der Waals surface area contributed by atoms with Crippen LogP contribution in [0.25, 0.3) is 69.5 Å². The molecular formula is C45H31N5S. The number of amidine groups is 1. The Morgan fingerprint density at radius 2 is 1.14 bits per heavy atom. The highest BCUT2D eigenvalue weighted by Gasteiger charge is 2.31. The summed E-state index contributed by atoms with van der Waals surface area (Å²) in [7, 11) is 0. The summed E-state index contributed by atoms with van der Waals surface area (Å²) < 4.78 is 7.55. The lowest BCUT2D eigenvalue weighted by Crippen LogP contribution is -2.46. The van der Waals surface area contributed by atoms with Crippen LogP contribution in [0.1, 0.15) is 23.6 Å². The lowest BCUT2D eigenvalue weighted by Gasteiger charge is -2.33. The van der Waals surface area contributed by atoms with Crippen molar-refractivity contribution < 1.29 is 0 Å². The second-order valence-electron chi connectivity index (χ2n) is 13.2. The predicted molar refractivity (Wildman–Crippen MR) is 214 cm³/mol. The van der Waals surface area contributed by atoms with Crippen molar-refractivity contribution >= 4 is 81.0 Å². The molecule has 0 fully saturated rings. The predicted octanol–water partition coefficient (Wildman–Crippen LogP) is 11.1. The van der Waals surface area contributed by atoms with Gasteiger partial charge in [0.05, 0.1) is 22.1 Å². The van der Waals surface area contributed by atoms with E-state index < -0.39 is 6.29 Å². The van der Waals surface area contributed by atoms with E-state index in [2.05, 4.69) is 184 Å². The van der Waals surface area contributed by atoms with Crippen LogP contribution in [0.4, 0.5) is 0 Å². The Morgan fingerprint density at radius 3 is 1.90 bits per heavy atom. The largest absolute Gasteiger partial charge is 0.350 e. The molecule has 51 heavy (non-hydrogen) atoms. The van der Waals surface area contributed by atoms with Crippen LogP contribution >= 0.6 is 11.3 Å². The van der Waals surface area contributed by atoms with Gasteiger partial charge in [-0.2, -0.15) is 0 Å². The van der Waals surface area contributed by atoms with Gasteiger partial charge in [-0.05, 0) is 35.9 Å². The van der Waals surface area contributed by atoms with Gasteiger partial charge in [0.2, 0.25) is 0 Å². The highest BCUT2D eigenvalue weighted by atomic mass is 32.1. The van der Waals surface area contributed by atoms with Gasteiger partial charge in [0, 0.05) is 53.0 Å². The van der Waals surface area contributed by atoms with E-state index in [1.165, 1.54) is 58.3 Å². The van der Waals surface area contributed by atoms with E-state index in [0.717, 1.165) is 28.2 Å². The Hall–Kier alpha value is -6.21. The smallest absolute Gasteiger partial charge is 0.184 e. The molecular weight excluding hydrogens is 643 g/mol. The lowest BCUT2D eigenvalue weighted by atomic mass is 10.0. The number of benzene rings is 7. The molecule has 4 heterocycles. The molecule has 1 aliphatic heterocycles. The molecule has 2 N–H and O–H groups in total. The summed E-state index contributed by atoms with van der Waals surface area (Å²) in [5, 5.41) is 15.3. The van der Waals surface area contributed by atoms with E-state index in [1.807, 2.05) is 11.3 Å². The molecule has 11 rings (SSSR count). The fourth-order valence-electron chi connectivity index (χ4n) is 8.25. The number of nitrogens with one attached hydrogen (secondary N) is 2. The number of hydrogen-bond donors (Lipinski definition) is 2. The van der Waals surface area contributed by atoms with Crippen LogP contribution < -0.4 is 10.6 Å². The molecule has 3 aromatic heterocycles. The zero-order valence-electron chi connectivity index (χ0n) is 27.5. The summed E-state index contributed by atoms with van der Waals surface area (Å²) >= 11 is 1.90. The quantitative estimate of drug-likeness (QED) is 0.195. The zero-order valence-corrected chi connectivity index (χ0v) is 28.3. The molecule has 5 nitrogen and oxygen atoms in total. The van der Waals surface area contributed by atoms with Crippen LogP contribution in [0.5, 0.6) is 0 Å². The average Bonchev–Trinajstić information content (AvgIpc) is 3.87. The number of hydrogen-bond acceptors (Lipinski definition) is 4. The Kier molecular flexibility index (Phi) is 6.26. The standard InChI is InChI=1S/C45H31N5S/c1-4-16-28(17-5-1)43-46-44(29-18-6-2-7-19-29)48-45(47-43)50-35-26-14-11-23-32(35)39-41(50)40-37(38-33-24-12-15-27-36(33)51-42(38)39)31-22-10-13-25-34(31)49(40)30-20-8-3-9-21-30/h1-27,43,45,47H,(H,46,48). The number of rotatable bonds is 4. The van der Waals surface area contributed by atoms with E-state index in [1.54, 1.807) is 0 Å². The minimum atomic E-state index is -0.411.